The lowest BCUT2D eigenvalue weighted by Crippen LogP contribution is -2.58. The van der Waals surface area contributed by atoms with E-state index in [4.69, 9.17) is 10.5 Å². The Balaban J connectivity index is 2.29. The topological polar surface area (TPSA) is 38.5 Å². The van der Waals surface area contributed by atoms with Crippen molar-refractivity contribution in [3.05, 3.63) is 35.1 Å². The van der Waals surface area contributed by atoms with E-state index in [0.29, 0.717) is 12.1 Å². The molecule has 2 rings (SSSR count). The molecule has 1 heterocycles. The molecule has 1 unspecified atom stereocenters. The number of hydrogen-bond donors (Lipinski definition) is 1. The monoisotopic (exact) mass is 294 g/mol. The minimum absolute atomic E-state index is 0.0163. The number of nitrogens with zero attached hydrogens (tertiary/aromatic N) is 1. The van der Waals surface area contributed by atoms with E-state index in [1.54, 1.807) is 13.0 Å². The summed E-state index contributed by atoms with van der Waals surface area (Å²) in [4.78, 5) is 2.31. The number of ether oxygens (including phenoxy) is 1. The van der Waals surface area contributed by atoms with Gasteiger partial charge in [-0.3, -0.25) is 4.90 Å². The van der Waals surface area contributed by atoms with Gasteiger partial charge in [0.05, 0.1) is 11.2 Å². The van der Waals surface area contributed by atoms with Crippen LogP contribution in [0, 0.1) is 12.7 Å². The zero-order chi connectivity index (χ0) is 15.8. The summed E-state index contributed by atoms with van der Waals surface area (Å²) < 4.78 is 20.0. The molecule has 0 amide bonds. The Labute approximate surface area is 127 Å². The second-order valence-corrected chi connectivity index (χ2v) is 7.29. The van der Waals surface area contributed by atoms with Crippen molar-refractivity contribution in [1.29, 1.82) is 0 Å². The first kappa shape index (κ1) is 16.4. The summed E-state index contributed by atoms with van der Waals surface area (Å²) in [6.45, 7) is 12.2. The van der Waals surface area contributed by atoms with Gasteiger partial charge < -0.3 is 10.5 Å². The van der Waals surface area contributed by atoms with Gasteiger partial charge in [0.1, 0.15) is 5.82 Å². The molecule has 1 aromatic rings. The van der Waals surface area contributed by atoms with Crippen molar-refractivity contribution < 1.29 is 9.13 Å². The maximum absolute atomic E-state index is 13.9. The summed E-state index contributed by atoms with van der Waals surface area (Å²) >= 11 is 0. The van der Waals surface area contributed by atoms with E-state index in [-0.39, 0.29) is 23.1 Å². The van der Waals surface area contributed by atoms with Crippen LogP contribution >= 0.6 is 0 Å². The molecular formula is C17H27FN2O. The second-order valence-electron chi connectivity index (χ2n) is 7.29. The zero-order valence-corrected chi connectivity index (χ0v) is 13.7. The number of aryl methyl sites for hydroxylation is 1. The summed E-state index contributed by atoms with van der Waals surface area (Å²) in [5.74, 6) is -0.169. The molecule has 1 aromatic carbocycles. The minimum Gasteiger partial charge on any atom is -0.367 e. The molecule has 1 atom stereocenters. The average molecular weight is 294 g/mol. The number of morpholine rings is 1. The SMILES string of the molecule is Cc1ccc(C(CN)N2CC(C)(C)OC(C)(C)C2)cc1F. The van der Waals surface area contributed by atoms with E-state index in [9.17, 15) is 4.39 Å². The molecule has 1 saturated heterocycles. The van der Waals surface area contributed by atoms with E-state index in [1.165, 1.54) is 0 Å². The molecule has 0 saturated carbocycles. The summed E-state index contributed by atoms with van der Waals surface area (Å²) in [6.07, 6.45) is 0. The fraction of sp³-hybridized carbons (Fsp3) is 0.647. The molecule has 1 fully saturated rings. The predicted molar refractivity (Wildman–Crippen MR) is 83.7 cm³/mol. The van der Waals surface area contributed by atoms with Gasteiger partial charge in [0, 0.05) is 25.7 Å². The van der Waals surface area contributed by atoms with Crippen molar-refractivity contribution in [2.75, 3.05) is 19.6 Å². The highest BCUT2D eigenvalue weighted by Crippen LogP contribution is 2.33. The number of halogens is 1. The van der Waals surface area contributed by atoms with Gasteiger partial charge in [0.2, 0.25) is 0 Å². The fourth-order valence-corrected chi connectivity index (χ4v) is 3.38. The van der Waals surface area contributed by atoms with Crippen molar-refractivity contribution in [3.8, 4) is 0 Å². The Morgan fingerprint density at radius 1 is 1.24 bits per heavy atom. The van der Waals surface area contributed by atoms with Crippen molar-refractivity contribution in [1.82, 2.24) is 4.90 Å². The summed E-state index contributed by atoms with van der Waals surface area (Å²) in [6, 6.07) is 5.43. The Kier molecular flexibility index (Phi) is 4.43. The van der Waals surface area contributed by atoms with E-state index in [0.717, 1.165) is 18.7 Å². The molecule has 0 aromatic heterocycles. The Hall–Kier alpha value is -0.970. The van der Waals surface area contributed by atoms with Gasteiger partial charge in [-0.05, 0) is 51.8 Å². The van der Waals surface area contributed by atoms with Gasteiger partial charge in [-0.1, -0.05) is 12.1 Å². The Morgan fingerprint density at radius 2 is 1.81 bits per heavy atom. The van der Waals surface area contributed by atoms with Crippen molar-refractivity contribution in [3.63, 3.8) is 0 Å². The van der Waals surface area contributed by atoms with Crippen LogP contribution in [0.1, 0.15) is 44.9 Å². The Morgan fingerprint density at radius 3 is 2.29 bits per heavy atom. The van der Waals surface area contributed by atoms with Crippen LogP contribution in [0.5, 0.6) is 0 Å². The lowest BCUT2D eigenvalue weighted by molar-refractivity contribution is -0.187. The molecule has 4 heteroatoms. The first-order valence-electron chi connectivity index (χ1n) is 7.54. The summed E-state index contributed by atoms with van der Waals surface area (Å²) in [5.41, 5.74) is 7.12. The van der Waals surface area contributed by atoms with Crippen LogP contribution in [-0.4, -0.2) is 35.7 Å². The third-order valence-corrected chi connectivity index (χ3v) is 3.97. The molecular weight excluding hydrogens is 267 g/mol. The third-order valence-electron chi connectivity index (χ3n) is 3.97. The molecule has 3 nitrogen and oxygen atoms in total. The van der Waals surface area contributed by atoms with E-state index >= 15 is 0 Å². The highest BCUT2D eigenvalue weighted by molar-refractivity contribution is 5.26. The van der Waals surface area contributed by atoms with Gasteiger partial charge in [-0.25, -0.2) is 4.39 Å². The molecule has 0 aliphatic carbocycles. The maximum Gasteiger partial charge on any atom is 0.126 e. The van der Waals surface area contributed by atoms with Crippen LogP contribution in [0.3, 0.4) is 0 Å². The van der Waals surface area contributed by atoms with Gasteiger partial charge in [-0.15, -0.1) is 0 Å². The van der Waals surface area contributed by atoms with Crippen molar-refractivity contribution in [2.24, 2.45) is 5.73 Å². The summed E-state index contributed by atoms with van der Waals surface area (Å²) in [5, 5.41) is 0. The molecule has 0 radical (unpaired) electrons. The summed E-state index contributed by atoms with van der Waals surface area (Å²) in [7, 11) is 0. The van der Waals surface area contributed by atoms with Gasteiger partial charge in [0.15, 0.2) is 0 Å². The zero-order valence-electron chi connectivity index (χ0n) is 13.7. The van der Waals surface area contributed by atoms with Crippen LogP contribution in [0.4, 0.5) is 4.39 Å². The van der Waals surface area contributed by atoms with Crippen LogP contribution in [0.2, 0.25) is 0 Å². The van der Waals surface area contributed by atoms with E-state index in [2.05, 4.69) is 32.6 Å². The van der Waals surface area contributed by atoms with Crippen LogP contribution in [0.25, 0.3) is 0 Å². The minimum atomic E-state index is -0.238. The van der Waals surface area contributed by atoms with E-state index < -0.39 is 0 Å². The average Bonchev–Trinajstić information content (AvgIpc) is 2.30. The van der Waals surface area contributed by atoms with Gasteiger partial charge in [-0.2, -0.15) is 0 Å². The number of rotatable bonds is 3. The highest BCUT2D eigenvalue weighted by atomic mass is 19.1. The van der Waals surface area contributed by atoms with Crippen LogP contribution < -0.4 is 5.73 Å². The lowest BCUT2D eigenvalue weighted by atomic mass is 9.94. The molecule has 0 bridgehead atoms. The molecule has 21 heavy (non-hydrogen) atoms. The number of benzene rings is 1. The van der Waals surface area contributed by atoms with Crippen LogP contribution in [-0.2, 0) is 4.74 Å². The van der Waals surface area contributed by atoms with Crippen LogP contribution in [0.15, 0.2) is 18.2 Å². The maximum atomic E-state index is 13.9. The molecule has 0 spiro atoms. The lowest BCUT2D eigenvalue weighted by Gasteiger charge is -2.49. The van der Waals surface area contributed by atoms with Gasteiger partial charge in [0.25, 0.3) is 0 Å². The molecule has 118 valence electrons. The van der Waals surface area contributed by atoms with Crippen molar-refractivity contribution in [2.45, 2.75) is 51.9 Å². The molecule has 1 aliphatic heterocycles. The number of hydrogen-bond acceptors (Lipinski definition) is 3. The van der Waals surface area contributed by atoms with E-state index in [1.807, 2.05) is 12.1 Å². The third kappa shape index (κ3) is 3.82. The van der Waals surface area contributed by atoms with Gasteiger partial charge >= 0.3 is 0 Å². The Bertz CT molecular complexity index is 498. The second kappa shape index (κ2) is 5.67. The van der Waals surface area contributed by atoms with Crippen molar-refractivity contribution >= 4 is 0 Å². The first-order chi connectivity index (χ1) is 9.63. The normalized spacial score (nSPS) is 23.0. The molecule has 2 N–H and O–H groups in total. The fourth-order valence-electron chi connectivity index (χ4n) is 3.38. The largest absolute Gasteiger partial charge is 0.367 e. The highest BCUT2D eigenvalue weighted by Gasteiger charge is 2.40. The quantitative estimate of drug-likeness (QED) is 0.931. The first-order valence-corrected chi connectivity index (χ1v) is 7.54. The molecule has 1 aliphatic rings. The number of nitrogens with two attached hydrogens (primary N) is 1. The standard InChI is InChI=1S/C17H27FN2O/c1-12-6-7-13(8-14(12)18)15(9-19)20-10-16(2,3)21-17(4,5)11-20/h6-8,15H,9-11,19H2,1-5H3. The smallest absolute Gasteiger partial charge is 0.126 e. The predicted octanol–water partition coefficient (Wildman–Crippen LogP) is 3.02.